The highest BCUT2D eigenvalue weighted by Gasteiger charge is 2.14. The zero-order valence-corrected chi connectivity index (χ0v) is 14.0. The van der Waals surface area contributed by atoms with Crippen LogP contribution in [0.1, 0.15) is 24.3 Å². The number of thiazole rings is 1. The van der Waals surface area contributed by atoms with Crippen molar-refractivity contribution in [3.63, 3.8) is 0 Å². The molecule has 0 amide bonds. The fourth-order valence-electron chi connectivity index (χ4n) is 2.82. The molecule has 0 spiro atoms. The molecule has 1 aliphatic heterocycles. The van der Waals surface area contributed by atoms with E-state index in [2.05, 4.69) is 10.3 Å². The fraction of sp³-hybridized carbons (Fsp3) is 0.471. The molecule has 0 radical (unpaired) electrons. The van der Waals surface area contributed by atoms with Crippen molar-refractivity contribution >= 4 is 11.3 Å². The summed E-state index contributed by atoms with van der Waals surface area (Å²) >= 11 is 1.74. The zero-order chi connectivity index (χ0) is 15.4. The van der Waals surface area contributed by atoms with Gasteiger partial charge in [-0.15, -0.1) is 11.3 Å². The molecule has 0 atom stereocenters. The van der Waals surface area contributed by atoms with Gasteiger partial charge >= 0.3 is 0 Å². The molecule has 0 aliphatic carbocycles. The lowest BCUT2D eigenvalue weighted by atomic mass is 10.1. The van der Waals surface area contributed by atoms with Crippen molar-refractivity contribution in [3.8, 4) is 22.8 Å². The van der Waals surface area contributed by atoms with Gasteiger partial charge in [0.25, 0.3) is 0 Å². The molecular weight excluding hydrogens is 296 g/mol. The number of hydrogen-bond donors (Lipinski definition) is 0. The first-order valence-electron chi connectivity index (χ1n) is 7.69. The number of benzene rings is 1. The number of rotatable bonds is 5. The van der Waals surface area contributed by atoms with Crippen LogP contribution in [0.4, 0.5) is 0 Å². The Morgan fingerprint density at radius 2 is 1.86 bits per heavy atom. The first-order chi connectivity index (χ1) is 10.8. The third kappa shape index (κ3) is 3.42. The van der Waals surface area contributed by atoms with Crippen molar-refractivity contribution in [2.75, 3.05) is 27.3 Å². The molecule has 0 saturated carbocycles. The standard InChI is InChI=1S/C17H22N2O2S/c1-20-15-7-6-13(10-16(15)21-2)14-12-22-17(18-14)11-19-8-4-3-5-9-19/h6-7,10,12H,3-5,8-9,11H2,1-2H3. The van der Waals surface area contributed by atoms with Gasteiger partial charge in [0.1, 0.15) is 5.01 Å². The summed E-state index contributed by atoms with van der Waals surface area (Å²) in [6.45, 7) is 3.37. The van der Waals surface area contributed by atoms with Gasteiger partial charge in [0.15, 0.2) is 11.5 Å². The van der Waals surface area contributed by atoms with Crippen LogP contribution in [-0.2, 0) is 6.54 Å². The first-order valence-corrected chi connectivity index (χ1v) is 8.57. The summed E-state index contributed by atoms with van der Waals surface area (Å²) in [5.41, 5.74) is 2.08. The van der Waals surface area contributed by atoms with Gasteiger partial charge in [-0.2, -0.15) is 0 Å². The maximum Gasteiger partial charge on any atom is 0.161 e. The number of piperidine rings is 1. The molecule has 0 unspecified atom stereocenters. The van der Waals surface area contributed by atoms with Crippen LogP contribution in [0.2, 0.25) is 0 Å². The Hall–Kier alpha value is -1.59. The highest BCUT2D eigenvalue weighted by Crippen LogP contribution is 2.32. The Morgan fingerprint density at radius 1 is 1.09 bits per heavy atom. The number of ether oxygens (including phenoxy) is 2. The maximum absolute atomic E-state index is 5.37. The van der Waals surface area contributed by atoms with Crippen LogP contribution in [0, 0.1) is 0 Å². The molecule has 1 fully saturated rings. The average molecular weight is 318 g/mol. The SMILES string of the molecule is COc1ccc(-c2csc(CN3CCCCC3)n2)cc1OC. The molecule has 3 rings (SSSR count). The molecule has 22 heavy (non-hydrogen) atoms. The summed E-state index contributed by atoms with van der Waals surface area (Å²) in [7, 11) is 3.31. The summed E-state index contributed by atoms with van der Waals surface area (Å²) in [4.78, 5) is 7.29. The van der Waals surface area contributed by atoms with E-state index in [4.69, 9.17) is 14.5 Å². The van der Waals surface area contributed by atoms with Gasteiger partial charge in [0.05, 0.1) is 26.5 Å². The quantitative estimate of drug-likeness (QED) is 0.839. The van der Waals surface area contributed by atoms with Crippen molar-refractivity contribution in [3.05, 3.63) is 28.6 Å². The van der Waals surface area contributed by atoms with Crippen molar-refractivity contribution in [1.82, 2.24) is 9.88 Å². The predicted molar refractivity (Wildman–Crippen MR) is 89.8 cm³/mol. The molecule has 1 saturated heterocycles. The first kappa shape index (κ1) is 15.3. The molecule has 5 heteroatoms. The van der Waals surface area contributed by atoms with E-state index in [1.54, 1.807) is 25.6 Å². The number of nitrogens with zero attached hydrogens (tertiary/aromatic N) is 2. The van der Waals surface area contributed by atoms with E-state index in [-0.39, 0.29) is 0 Å². The lowest BCUT2D eigenvalue weighted by Crippen LogP contribution is -2.28. The topological polar surface area (TPSA) is 34.6 Å². The molecule has 0 N–H and O–H groups in total. The average Bonchev–Trinajstić information content (AvgIpc) is 3.03. The number of hydrogen-bond acceptors (Lipinski definition) is 5. The summed E-state index contributed by atoms with van der Waals surface area (Å²) in [6.07, 6.45) is 3.99. The fourth-order valence-corrected chi connectivity index (χ4v) is 3.67. The Kier molecular flexibility index (Phi) is 4.95. The van der Waals surface area contributed by atoms with Gasteiger partial charge in [0.2, 0.25) is 0 Å². The van der Waals surface area contributed by atoms with Crippen LogP contribution >= 0.6 is 11.3 Å². The Bertz CT molecular complexity index is 621. The van der Waals surface area contributed by atoms with Crippen molar-refractivity contribution in [2.45, 2.75) is 25.8 Å². The third-order valence-electron chi connectivity index (χ3n) is 4.04. The van der Waals surface area contributed by atoms with Crippen molar-refractivity contribution < 1.29 is 9.47 Å². The van der Waals surface area contributed by atoms with E-state index in [0.29, 0.717) is 0 Å². The smallest absolute Gasteiger partial charge is 0.161 e. The summed E-state index contributed by atoms with van der Waals surface area (Å²) < 4.78 is 10.7. The van der Waals surface area contributed by atoms with E-state index in [1.165, 1.54) is 37.4 Å². The zero-order valence-electron chi connectivity index (χ0n) is 13.2. The maximum atomic E-state index is 5.37. The van der Waals surface area contributed by atoms with E-state index in [0.717, 1.165) is 29.3 Å². The second-order valence-corrected chi connectivity index (χ2v) is 6.48. The number of likely N-dealkylation sites (tertiary alicyclic amines) is 1. The second-order valence-electron chi connectivity index (χ2n) is 5.53. The number of methoxy groups -OCH3 is 2. The molecule has 4 nitrogen and oxygen atoms in total. The summed E-state index contributed by atoms with van der Waals surface area (Å²) in [6, 6.07) is 5.94. The highest BCUT2D eigenvalue weighted by atomic mass is 32.1. The van der Waals surface area contributed by atoms with Gasteiger partial charge < -0.3 is 9.47 Å². The van der Waals surface area contributed by atoms with Crippen molar-refractivity contribution in [1.29, 1.82) is 0 Å². The van der Waals surface area contributed by atoms with Crippen LogP contribution in [0.5, 0.6) is 11.5 Å². The number of aromatic nitrogens is 1. The molecular formula is C17H22N2O2S. The van der Waals surface area contributed by atoms with Crippen LogP contribution in [0.15, 0.2) is 23.6 Å². The Morgan fingerprint density at radius 3 is 2.59 bits per heavy atom. The molecule has 1 aromatic heterocycles. The minimum atomic E-state index is 0.741. The van der Waals surface area contributed by atoms with Crippen molar-refractivity contribution in [2.24, 2.45) is 0 Å². The van der Waals surface area contributed by atoms with E-state index in [9.17, 15) is 0 Å². The molecule has 1 aromatic carbocycles. The Labute approximate surface area is 135 Å². The lowest BCUT2D eigenvalue weighted by Gasteiger charge is -2.25. The van der Waals surface area contributed by atoms with Gasteiger partial charge in [0, 0.05) is 10.9 Å². The lowest BCUT2D eigenvalue weighted by molar-refractivity contribution is 0.220. The van der Waals surface area contributed by atoms with Gasteiger partial charge in [-0.05, 0) is 44.1 Å². The van der Waals surface area contributed by atoms with Gasteiger partial charge in [-0.3, -0.25) is 4.90 Å². The van der Waals surface area contributed by atoms with Gasteiger partial charge in [-0.1, -0.05) is 6.42 Å². The van der Waals surface area contributed by atoms with Crippen LogP contribution < -0.4 is 9.47 Å². The Balaban J connectivity index is 1.75. The van der Waals surface area contributed by atoms with E-state index >= 15 is 0 Å². The van der Waals surface area contributed by atoms with Gasteiger partial charge in [-0.25, -0.2) is 4.98 Å². The molecule has 0 bridgehead atoms. The van der Waals surface area contributed by atoms with E-state index in [1.807, 2.05) is 18.2 Å². The van der Waals surface area contributed by atoms with Crippen LogP contribution in [-0.4, -0.2) is 37.2 Å². The van der Waals surface area contributed by atoms with E-state index < -0.39 is 0 Å². The minimum Gasteiger partial charge on any atom is -0.493 e. The summed E-state index contributed by atoms with van der Waals surface area (Å²) in [5, 5.41) is 3.31. The third-order valence-corrected chi connectivity index (χ3v) is 4.87. The summed E-state index contributed by atoms with van der Waals surface area (Å²) in [5.74, 6) is 1.49. The minimum absolute atomic E-state index is 0.741. The molecule has 1 aliphatic rings. The molecule has 118 valence electrons. The second kappa shape index (κ2) is 7.11. The van der Waals surface area contributed by atoms with Crippen LogP contribution in [0.25, 0.3) is 11.3 Å². The molecule has 2 aromatic rings. The largest absolute Gasteiger partial charge is 0.493 e. The van der Waals surface area contributed by atoms with Crippen LogP contribution in [0.3, 0.4) is 0 Å². The predicted octanol–water partition coefficient (Wildman–Crippen LogP) is 3.81. The normalized spacial score (nSPS) is 15.7. The highest BCUT2D eigenvalue weighted by molar-refractivity contribution is 7.09. The monoisotopic (exact) mass is 318 g/mol. The molecule has 2 heterocycles.